The van der Waals surface area contributed by atoms with Crippen LogP contribution in [0.1, 0.15) is 36.1 Å². The monoisotopic (exact) mass is 287 g/mol. The molecule has 2 aromatic rings. The summed E-state index contributed by atoms with van der Waals surface area (Å²) in [6.07, 6.45) is 0.985. The summed E-state index contributed by atoms with van der Waals surface area (Å²) in [5.41, 5.74) is 2.78. The highest BCUT2D eigenvalue weighted by molar-refractivity contribution is 5.43. The van der Waals surface area contributed by atoms with Crippen LogP contribution in [0.25, 0.3) is 0 Å². The van der Waals surface area contributed by atoms with Crippen LogP contribution >= 0.6 is 0 Å². The maximum Gasteiger partial charge on any atom is 0.132 e. The zero-order valence-corrected chi connectivity index (χ0v) is 12.8. The van der Waals surface area contributed by atoms with Gasteiger partial charge in [-0.1, -0.05) is 42.8 Å². The first-order valence-electron chi connectivity index (χ1n) is 7.29. The predicted octanol–water partition coefficient (Wildman–Crippen LogP) is 4.23. The summed E-state index contributed by atoms with van der Waals surface area (Å²) in [5, 5.41) is 3.42. The normalized spacial score (nSPS) is 12.2. The number of nitrogens with one attached hydrogen (secondary N) is 1. The lowest BCUT2D eigenvalue weighted by Crippen LogP contribution is -2.24. The molecule has 0 saturated carbocycles. The summed E-state index contributed by atoms with van der Waals surface area (Å²) < 4.78 is 19.7. The third-order valence-electron chi connectivity index (χ3n) is 3.50. The van der Waals surface area contributed by atoms with Gasteiger partial charge < -0.3 is 10.1 Å². The van der Waals surface area contributed by atoms with Crippen LogP contribution in [0.5, 0.6) is 5.75 Å². The maximum absolute atomic E-state index is 14.4. The summed E-state index contributed by atoms with van der Waals surface area (Å²) in [7, 11) is 1.57. The molecule has 1 unspecified atom stereocenters. The van der Waals surface area contributed by atoms with Crippen LogP contribution in [0.2, 0.25) is 0 Å². The van der Waals surface area contributed by atoms with E-state index in [2.05, 4.69) is 18.3 Å². The van der Waals surface area contributed by atoms with E-state index in [0.717, 1.165) is 24.1 Å². The van der Waals surface area contributed by atoms with Gasteiger partial charge in [-0.25, -0.2) is 4.39 Å². The van der Waals surface area contributed by atoms with Gasteiger partial charge in [0.05, 0.1) is 18.7 Å². The van der Waals surface area contributed by atoms with Gasteiger partial charge in [0.15, 0.2) is 0 Å². The van der Waals surface area contributed by atoms with Crippen molar-refractivity contribution in [3.8, 4) is 5.75 Å². The number of ether oxygens (including phenoxy) is 1. The van der Waals surface area contributed by atoms with Crippen molar-refractivity contribution in [2.75, 3.05) is 13.7 Å². The summed E-state index contributed by atoms with van der Waals surface area (Å²) in [4.78, 5) is 0. The minimum Gasteiger partial charge on any atom is -0.496 e. The van der Waals surface area contributed by atoms with Gasteiger partial charge in [0.2, 0.25) is 0 Å². The van der Waals surface area contributed by atoms with E-state index in [9.17, 15) is 4.39 Å². The van der Waals surface area contributed by atoms with Crippen LogP contribution in [0, 0.1) is 12.7 Å². The molecule has 2 rings (SSSR count). The zero-order chi connectivity index (χ0) is 15.2. The molecule has 0 fully saturated rings. The smallest absolute Gasteiger partial charge is 0.132 e. The average Bonchev–Trinajstić information content (AvgIpc) is 2.49. The molecule has 2 nitrogen and oxygen atoms in total. The molecule has 3 heteroatoms. The topological polar surface area (TPSA) is 21.3 Å². The molecule has 1 atom stereocenters. The first-order valence-corrected chi connectivity index (χ1v) is 7.29. The summed E-state index contributed by atoms with van der Waals surface area (Å²) >= 11 is 0. The molecule has 0 bridgehead atoms. The minimum atomic E-state index is -0.246. The van der Waals surface area contributed by atoms with E-state index < -0.39 is 0 Å². The van der Waals surface area contributed by atoms with E-state index >= 15 is 0 Å². The van der Waals surface area contributed by atoms with E-state index in [1.165, 1.54) is 6.07 Å². The van der Waals surface area contributed by atoms with Crippen LogP contribution in [0.3, 0.4) is 0 Å². The molecule has 0 aliphatic heterocycles. The Morgan fingerprint density at radius 3 is 2.62 bits per heavy atom. The third-order valence-corrected chi connectivity index (χ3v) is 3.50. The number of benzene rings is 2. The molecule has 0 aliphatic carbocycles. The highest BCUT2D eigenvalue weighted by Crippen LogP contribution is 2.32. The Hall–Kier alpha value is -1.87. The molecule has 0 heterocycles. The van der Waals surface area contributed by atoms with Gasteiger partial charge in [0.25, 0.3) is 0 Å². The van der Waals surface area contributed by atoms with Crippen molar-refractivity contribution in [2.45, 2.75) is 26.3 Å². The highest BCUT2D eigenvalue weighted by atomic mass is 19.1. The third kappa shape index (κ3) is 3.61. The van der Waals surface area contributed by atoms with Crippen molar-refractivity contribution in [1.29, 1.82) is 0 Å². The lowest BCUT2D eigenvalue weighted by Gasteiger charge is -2.22. The average molecular weight is 287 g/mol. The molecule has 1 N–H and O–H groups in total. The van der Waals surface area contributed by atoms with Crippen LogP contribution in [0.15, 0.2) is 42.5 Å². The molecule has 0 amide bonds. The van der Waals surface area contributed by atoms with Gasteiger partial charge in [-0.2, -0.15) is 0 Å². The Balaban J connectivity index is 2.50. The molecule has 2 aromatic carbocycles. The zero-order valence-electron chi connectivity index (χ0n) is 12.8. The molecule has 112 valence electrons. The Bertz CT molecular complexity index is 598. The number of aryl methyl sites for hydroxylation is 1. The molecule has 0 aromatic heterocycles. The summed E-state index contributed by atoms with van der Waals surface area (Å²) in [5.74, 6) is 0.328. The van der Waals surface area contributed by atoms with Crippen molar-refractivity contribution in [1.82, 2.24) is 5.32 Å². The van der Waals surface area contributed by atoms with E-state index in [1.54, 1.807) is 19.2 Å². The van der Waals surface area contributed by atoms with E-state index in [1.807, 2.05) is 25.1 Å². The molecule has 21 heavy (non-hydrogen) atoms. The number of halogens is 1. The van der Waals surface area contributed by atoms with Gasteiger partial charge in [0, 0.05) is 0 Å². The first-order chi connectivity index (χ1) is 10.2. The van der Waals surface area contributed by atoms with Crippen LogP contribution in [-0.4, -0.2) is 13.7 Å². The fourth-order valence-electron chi connectivity index (χ4n) is 2.50. The SMILES string of the molecule is CCCNC(c1cccc(C)c1)c1c(F)cccc1OC. The molecule has 0 aliphatic rings. The quantitative estimate of drug-likeness (QED) is 0.858. The van der Waals surface area contributed by atoms with Crippen molar-refractivity contribution < 1.29 is 9.13 Å². The van der Waals surface area contributed by atoms with Gasteiger partial charge in [0.1, 0.15) is 11.6 Å². The van der Waals surface area contributed by atoms with Gasteiger partial charge in [-0.05, 0) is 37.6 Å². The Morgan fingerprint density at radius 2 is 1.95 bits per heavy atom. The summed E-state index contributed by atoms with van der Waals surface area (Å²) in [6, 6.07) is 12.9. The molecule has 0 radical (unpaired) electrons. The fraction of sp³-hybridized carbons (Fsp3) is 0.333. The van der Waals surface area contributed by atoms with Gasteiger partial charge >= 0.3 is 0 Å². The van der Waals surface area contributed by atoms with Crippen LogP contribution in [-0.2, 0) is 0 Å². The Kier molecular flexibility index (Phi) is 5.34. The number of methoxy groups -OCH3 is 1. The van der Waals surface area contributed by atoms with Crippen molar-refractivity contribution >= 4 is 0 Å². The number of hydrogen-bond acceptors (Lipinski definition) is 2. The van der Waals surface area contributed by atoms with Gasteiger partial charge in [-0.15, -0.1) is 0 Å². The fourth-order valence-corrected chi connectivity index (χ4v) is 2.50. The van der Waals surface area contributed by atoms with Crippen molar-refractivity contribution in [2.24, 2.45) is 0 Å². The number of rotatable bonds is 6. The largest absolute Gasteiger partial charge is 0.496 e. The number of hydrogen-bond donors (Lipinski definition) is 1. The molecule has 0 saturated heterocycles. The molecular formula is C18H22FNO. The Labute approximate surface area is 126 Å². The first kappa shape index (κ1) is 15.5. The van der Waals surface area contributed by atoms with Crippen molar-refractivity contribution in [3.63, 3.8) is 0 Å². The second-order valence-corrected chi connectivity index (χ2v) is 5.16. The predicted molar refractivity (Wildman–Crippen MR) is 84.3 cm³/mol. The Morgan fingerprint density at radius 1 is 1.19 bits per heavy atom. The second-order valence-electron chi connectivity index (χ2n) is 5.16. The van der Waals surface area contributed by atoms with E-state index in [0.29, 0.717) is 11.3 Å². The lowest BCUT2D eigenvalue weighted by atomic mass is 9.96. The van der Waals surface area contributed by atoms with Crippen LogP contribution in [0.4, 0.5) is 4.39 Å². The van der Waals surface area contributed by atoms with Crippen LogP contribution < -0.4 is 10.1 Å². The van der Waals surface area contributed by atoms with Gasteiger partial charge in [-0.3, -0.25) is 0 Å². The molecule has 0 spiro atoms. The van der Waals surface area contributed by atoms with E-state index in [4.69, 9.17) is 4.74 Å². The lowest BCUT2D eigenvalue weighted by molar-refractivity contribution is 0.396. The molecular weight excluding hydrogens is 265 g/mol. The second kappa shape index (κ2) is 7.23. The maximum atomic E-state index is 14.4. The van der Waals surface area contributed by atoms with E-state index in [-0.39, 0.29) is 11.9 Å². The highest BCUT2D eigenvalue weighted by Gasteiger charge is 2.21. The van der Waals surface area contributed by atoms with Crippen molar-refractivity contribution in [3.05, 3.63) is 65.0 Å². The minimum absolute atomic E-state index is 0.207. The standard InChI is InChI=1S/C18H22FNO/c1-4-11-20-18(14-8-5-7-13(2)12-14)17-15(19)9-6-10-16(17)21-3/h5-10,12,18,20H,4,11H2,1-3H3. The summed E-state index contributed by atoms with van der Waals surface area (Å²) in [6.45, 7) is 4.95.